The summed E-state index contributed by atoms with van der Waals surface area (Å²) in [4.78, 5) is 16.5. The minimum Gasteiger partial charge on any atom is -0.396 e. The van der Waals surface area contributed by atoms with Gasteiger partial charge in [-0.3, -0.25) is 0 Å². The molecule has 0 saturated carbocycles. The largest absolute Gasteiger partial charge is 0.396 e. The number of carbonyl (C=O) groups is 1. The zero-order valence-corrected chi connectivity index (χ0v) is 14.5. The number of hydrogen-bond donors (Lipinski definition) is 3. The van der Waals surface area contributed by atoms with Crippen LogP contribution in [0.25, 0.3) is 11.3 Å². The Bertz CT molecular complexity index is 638. The fraction of sp³-hybridized carbons (Fsp3) is 0.412. The van der Waals surface area contributed by atoms with Gasteiger partial charge >= 0.3 is 6.03 Å². The second-order valence-corrected chi connectivity index (χ2v) is 6.85. The number of aromatic nitrogens is 1. The van der Waals surface area contributed by atoms with E-state index >= 15 is 0 Å². The van der Waals surface area contributed by atoms with Crippen molar-refractivity contribution in [3.05, 3.63) is 34.7 Å². The van der Waals surface area contributed by atoms with Crippen molar-refractivity contribution < 1.29 is 9.90 Å². The molecule has 0 radical (unpaired) electrons. The molecule has 0 fully saturated rings. The van der Waals surface area contributed by atoms with Crippen LogP contribution in [0.4, 0.5) is 10.5 Å². The summed E-state index contributed by atoms with van der Waals surface area (Å²) >= 11 is 1.62. The fourth-order valence-corrected chi connectivity index (χ4v) is 2.89. The number of anilines is 1. The molecule has 0 bridgehead atoms. The molecule has 0 aliphatic rings. The molecule has 0 aliphatic carbocycles. The molecular weight excluding hydrogens is 310 g/mol. The lowest BCUT2D eigenvalue weighted by Crippen LogP contribution is -2.41. The maximum Gasteiger partial charge on any atom is 0.319 e. The number of aliphatic hydroxyl groups excluding tert-OH is 1. The molecule has 0 aliphatic heterocycles. The second kappa shape index (κ2) is 8.08. The summed E-state index contributed by atoms with van der Waals surface area (Å²) in [6.45, 7) is 6.08. The average Bonchev–Trinajstić information content (AvgIpc) is 2.94. The molecule has 5 nitrogen and oxygen atoms in total. The van der Waals surface area contributed by atoms with E-state index in [-0.39, 0.29) is 24.6 Å². The van der Waals surface area contributed by atoms with Gasteiger partial charge in [-0.15, -0.1) is 11.3 Å². The van der Waals surface area contributed by atoms with E-state index < -0.39 is 0 Å². The highest BCUT2D eigenvalue weighted by atomic mass is 32.1. The van der Waals surface area contributed by atoms with E-state index in [1.807, 2.05) is 50.4 Å². The number of urea groups is 1. The molecular formula is C17H23N3O2S. The zero-order chi connectivity index (χ0) is 16.8. The molecule has 1 heterocycles. The van der Waals surface area contributed by atoms with E-state index in [9.17, 15) is 4.79 Å². The molecule has 1 aromatic carbocycles. The van der Waals surface area contributed by atoms with Crippen LogP contribution in [0.3, 0.4) is 0 Å². The Kier molecular flexibility index (Phi) is 6.12. The normalized spacial score (nSPS) is 12.2. The molecule has 0 saturated heterocycles. The van der Waals surface area contributed by atoms with Crippen molar-refractivity contribution in [1.29, 1.82) is 0 Å². The monoisotopic (exact) mass is 333 g/mol. The summed E-state index contributed by atoms with van der Waals surface area (Å²) in [5.41, 5.74) is 2.71. The van der Waals surface area contributed by atoms with Crippen LogP contribution < -0.4 is 10.6 Å². The summed E-state index contributed by atoms with van der Waals surface area (Å²) in [7, 11) is 0. The summed E-state index contributed by atoms with van der Waals surface area (Å²) in [5, 5.41) is 17.8. The highest BCUT2D eigenvalue weighted by molar-refractivity contribution is 7.09. The Balaban J connectivity index is 1.96. The third kappa shape index (κ3) is 5.04. The number of aryl methyl sites for hydroxylation is 1. The minimum absolute atomic E-state index is 0.0442. The Labute approximate surface area is 140 Å². The first-order valence-corrected chi connectivity index (χ1v) is 8.58. The van der Waals surface area contributed by atoms with Gasteiger partial charge in [0.15, 0.2) is 0 Å². The highest BCUT2D eigenvalue weighted by Gasteiger charge is 2.15. The van der Waals surface area contributed by atoms with E-state index in [0.717, 1.165) is 22.0 Å². The quantitative estimate of drug-likeness (QED) is 0.755. The number of nitrogens with zero attached hydrogens (tertiary/aromatic N) is 1. The number of benzene rings is 1. The van der Waals surface area contributed by atoms with E-state index in [1.165, 1.54) is 0 Å². The van der Waals surface area contributed by atoms with Crippen LogP contribution in [0.5, 0.6) is 0 Å². The van der Waals surface area contributed by atoms with Gasteiger partial charge in [-0.1, -0.05) is 26.0 Å². The number of hydrogen-bond acceptors (Lipinski definition) is 4. The number of amides is 2. The van der Waals surface area contributed by atoms with Crippen LogP contribution in [0, 0.1) is 12.8 Å². The first-order chi connectivity index (χ1) is 11.0. The van der Waals surface area contributed by atoms with E-state index in [2.05, 4.69) is 15.6 Å². The smallest absolute Gasteiger partial charge is 0.319 e. The molecule has 124 valence electrons. The summed E-state index contributed by atoms with van der Waals surface area (Å²) in [6, 6.07) is 7.31. The fourth-order valence-electron chi connectivity index (χ4n) is 2.27. The van der Waals surface area contributed by atoms with Gasteiger partial charge in [0.1, 0.15) is 0 Å². The van der Waals surface area contributed by atoms with E-state index in [1.54, 1.807) is 11.3 Å². The van der Waals surface area contributed by atoms with Crippen LogP contribution in [-0.4, -0.2) is 28.8 Å². The third-order valence-corrected chi connectivity index (χ3v) is 4.39. The molecule has 6 heteroatoms. The van der Waals surface area contributed by atoms with Crippen molar-refractivity contribution in [1.82, 2.24) is 10.3 Å². The first kappa shape index (κ1) is 17.4. The Hall–Kier alpha value is -1.92. The Morgan fingerprint density at radius 3 is 2.52 bits per heavy atom. The number of rotatable bonds is 6. The van der Waals surface area contributed by atoms with Crippen molar-refractivity contribution in [3.8, 4) is 11.3 Å². The average molecular weight is 333 g/mol. The standard InChI is InChI=1S/C17H23N3O2S/c1-11(2)15(8-9-21)20-17(22)19-14-6-4-13(5-7-14)16-10-23-12(3)18-16/h4-7,10-11,15,21H,8-9H2,1-3H3,(H2,19,20,22). The number of nitrogens with one attached hydrogen (secondary N) is 2. The van der Waals surface area contributed by atoms with E-state index in [0.29, 0.717) is 6.42 Å². The first-order valence-electron chi connectivity index (χ1n) is 7.70. The molecule has 2 rings (SSSR count). The predicted molar refractivity (Wildman–Crippen MR) is 94.8 cm³/mol. The van der Waals surface area contributed by atoms with Gasteiger partial charge in [0, 0.05) is 29.3 Å². The van der Waals surface area contributed by atoms with Gasteiger partial charge in [-0.05, 0) is 31.4 Å². The topological polar surface area (TPSA) is 74.2 Å². The maximum atomic E-state index is 12.0. The van der Waals surface area contributed by atoms with Crippen LogP contribution >= 0.6 is 11.3 Å². The SMILES string of the molecule is Cc1nc(-c2ccc(NC(=O)NC(CCO)C(C)C)cc2)cs1. The summed E-state index contributed by atoms with van der Waals surface area (Å²) in [5.74, 6) is 0.267. The minimum atomic E-state index is -0.255. The van der Waals surface area contributed by atoms with Crippen LogP contribution in [0.1, 0.15) is 25.3 Å². The van der Waals surface area contributed by atoms with Gasteiger partial charge in [-0.2, -0.15) is 0 Å². The molecule has 1 atom stereocenters. The number of aliphatic hydroxyl groups is 1. The molecule has 2 amide bonds. The van der Waals surface area contributed by atoms with Crippen molar-refractivity contribution in [2.75, 3.05) is 11.9 Å². The maximum absolute atomic E-state index is 12.0. The van der Waals surface area contributed by atoms with Gasteiger partial charge < -0.3 is 15.7 Å². The van der Waals surface area contributed by atoms with Crippen LogP contribution in [0.15, 0.2) is 29.6 Å². The summed E-state index contributed by atoms with van der Waals surface area (Å²) < 4.78 is 0. The lowest BCUT2D eigenvalue weighted by atomic mass is 10.0. The molecule has 3 N–H and O–H groups in total. The molecule has 23 heavy (non-hydrogen) atoms. The lowest BCUT2D eigenvalue weighted by molar-refractivity contribution is 0.227. The summed E-state index contributed by atoms with van der Waals surface area (Å²) in [6.07, 6.45) is 0.549. The van der Waals surface area contributed by atoms with E-state index in [4.69, 9.17) is 5.11 Å². The second-order valence-electron chi connectivity index (χ2n) is 5.79. The van der Waals surface area contributed by atoms with Gasteiger partial charge in [0.05, 0.1) is 10.7 Å². The van der Waals surface area contributed by atoms with Crippen LogP contribution in [-0.2, 0) is 0 Å². The van der Waals surface area contributed by atoms with Gasteiger partial charge in [0.2, 0.25) is 0 Å². The zero-order valence-electron chi connectivity index (χ0n) is 13.7. The van der Waals surface area contributed by atoms with Crippen molar-refractivity contribution >= 4 is 23.1 Å². The highest BCUT2D eigenvalue weighted by Crippen LogP contribution is 2.23. The molecule has 0 spiro atoms. The molecule has 2 aromatic rings. The van der Waals surface area contributed by atoms with Crippen molar-refractivity contribution in [3.63, 3.8) is 0 Å². The number of carbonyl (C=O) groups excluding carboxylic acids is 1. The van der Waals surface area contributed by atoms with Crippen molar-refractivity contribution in [2.24, 2.45) is 5.92 Å². The Morgan fingerprint density at radius 1 is 1.30 bits per heavy atom. The molecule has 1 aromatic heterocycles. The number of thiazole rings is 1. The lowest BCUT2D eigenvalue weighted by Gasteiger charge is -2.21. The van der Waals surface area contributed by atoms with Crippen LogP contribution in [0.2, 0.25) is 0 Å². The third-order valence-electron chi connectivity index (χ3n) is 3.62. The van der Waals surface area contributed by atoms with Crippen molar-refractivity contribution in [2.45, 2.75) is 33.2 Å². The van der Waals surface area contributed by atoms with Gasteiger partial charge in [0.25, 0.3) is 0 Å². The van der Waals surface area contributed by atoms with Gasteiger partial charge in [-0.25, -0.2) is 9.78 Å². The predicted octanol–water partition coefficient (Wildman–Crippen LogP) is 3.65. The Morgan fingerprint density at radius 2 is 2.00 bits per heavy atom. The molecule has 1 unspecified atom stereocenters.